The molecule has 0 N–H and O–H groups in total. The van der Waals surface area contributed by atoms with Crippen LogP contribution in [0.3, 0.4) is 0 Å². The van der Waals surface area contributed by atoms with E-state index < -0.39 is 44.4 Å². The van der Waals surface area contributed by atoms with E-state index in [1.165, 1.54) is 4.90 Å². The average molecular weight is 547 g/mol. The third-order valence-electron chi connectivity index (χ3n) is 13.2. The minimum Gasteiger partial charge on any atom is -0.449 e. The van der Waals surface area contributed by atoms with Crippen LogP contribution in [0.1, 0.15) is 86.5 Å². The number of fused-ring (bicyclic) bond motifs is 4. The van der Waals surface area contributed by atoms with Crippen molar-refractivity contribution in [3.8, 4) is 6.07 Å². The predicted octanol–water partition coefficient (Wildman–Crippen LogP) is 4.95. The van der Waals surface area contributed by atoms with Gasteiger partial charge in [0.1, 0.15) is 11.5 Å². The van der Waals surface area contributed by atoms with Gasteiger partial charge in [0.05, 0.1) is 11.0 Å². The summed E-state index contributed by atoms with van der Waals surface area (Å²) in [7, 11) is 3.27. The van der Waals surface area contributed by atoms with Crippen LogP contribution < -0.4 is 0 Å². The van der Waals surface area contributed by atoms with Crippen LogP contribution >= 0.6 is 0 Å². The monoisotopic (exact) mass is 546 g/mol. The highest BCUT2D eigenvalue weighted by atomic mass is 16.6. The lowest BCUT2D eigenvalue weighted by molar-refractivity contribution is -0.207. The average Bonchev–Trinajstić information content (AvgIpc) is 3.07. The van der Waals surface area contributed by atoms with E-state index in [-0.39, 0.29) is 34.6 Å². The van der Waals surface area contributed by atoms with Gasteiger partial charge in [-0.05, 0) is 80.3 Å². The van der Waals surface area contributed by atoms with Gasteiger partial charge in [-0.15, -0.1) is 0 Å². The van der Waals surface area contributed by atoms with Crippen LogP contribution in [0.5, 0.6) is 0 Å². The van der Waals surface area contributed by atoms with Crippen molar-refractivity contribution in [2.75, 3.05) is 14.1 Å². The SMILES string of the molecule is CN(C)C(=O)[C@]1(C)C(=O)C(C#N)=C[C@]2(C)C3=CC(=O)[C@]45OC(=O)[C@@]6(CCC(C)(C)CC64)CC[C@@]5(C)[C@]3(C)CC[C@@H]12. The summed E-state index contributed by atoms with van der Waals surface area (Å²) in [6.07, 6.45) is 8.54. The first-order valence-corrected chi connectivity index (χ1v) is 14.8. The number of allylic oxidation sites excluding steroid dienone is 3. The summed E-state index contributed by atoms with van der Waals surface area (Å²) in [5.74, 6) is -1.72. The Morgan fingerprint density at radius 3 is 2.25 bits per heavy atom. The lowest BCUT2D eigenvalue weighted by Gasteiger charge is -2.68. The number of nitriles is 1. The van der Waals surface area contributed by atoms with Gasteiger partial charge in [0, 0.05) is 30.8 Å². The highest BCUT2D eigenvalue weighted by Gasteiger charge is 2.82. The summed E-state index contributed by atoms with van der Waals surface area (Å²) < 4.78 is 6.46. The third-order valence-corrected chi connectivity index (χ3v) is 13.2. The van der Waals surface area contributed by atoms with E-state index in [1.807, 2.05) is 6.92 Å². The molecule has 1 amide bonds. The first-order chi connectivity index (χ1) is 18.4. The Balaban J connectivity index is 1.59. The maximum absolute atomic E-state index is 14.7. The van der Waals surface area contributed by atoms with Gasteiger partial charge in [0.2, 0.25) is 5.91 Å². The number of Topliss-reactive ketones (excluding diaryl/α,β-unsaturated/α-hetero) is 1. The van der Waals surface area contributed by atoms with Crippen molar-refractivity contribution in [1.29, 1.82) is 5.26 Å². The van der Waals surface area contributed by atoms with Crippen molar-refractivity contribution < 1.29 is 23.9 Å². The molecule has 2 bridgehead atoms. The van der Waals surface area contributed by atoms with Crippen LogP contribution in [0.2, 0.25) is 0 Å². The van der Waals surface area contributed by atoms with Gasteiger partial charge < -0.3 is 9.64 Å². The lowest BCUT2D eigenvalue weighted by atomic mass is 9.33. The zero-order chi connectivity index (χ0) is 29.5. The van der Waals surface area contributed by atoms with Gasteiger partial charge in [0.25, 0.3) is 0 Å². The Morgan fingerprint density at radius 2 is 1.62 bits per heavy atom. The summed E-state index contributed by atoms with van der Waals surface area (Å²) >= 11 is 0. The molecule has 1 saturated heterocycles. The minimum absolute atomic E-state index is 0.00469. The Bertz CT molecular complexity index is 1400. The molecule has 1 aliphatic heterocycles. The second-order valence-corrected chi connectivity index (χ2v) is 15.6. The smallest absolute Gasteiger partial charge is 0.313 e. The summed E-state index contributed by atoms with van der Waals surface area (Å²) in [5, 5.41) is 10.1. The number of rotatable bonds is 1. The van der Waals surface area contributed by atoms with E-state index in [0.29, 0.717) is 25.7 Å². The number of carbonyl (C=O) groups is 4. The van der Waals surface area contributed by atoms with Gasteiger partial charge in [-0.2, -0.15) is 5.26 Å². The minimum atomic E-state index is -1.42. The van der Waals surface area contributed by atoms with Crippen LogP contribution in [-0.2, 0) is 23.9 Å². The fourth-order valence-corrected chi connectivity index (χ4v) is 10.9. The molecule has 0 aromatic heterocycles. The first-order valence-electron chi connectivity index (χ1n) is 14.8. The summed E-state index contributed by atoms with van der Waals surface area (Å²) in [5.41, 5.74) is -4.46. The highest BCUT2D eigenvalue weighted by molar-refractivity contribution is 6.16. The van der Waals surface area contributed by atoms with Crippen LogP contribution in [0.4, 0.5) is 0 Å². The number of ketones is 2. The molecule has 6 rings (SSSR count). The van der Waals surface area contributed by atoms with Crippen molar-refractivity contribution in [2.45, 2.75) is 92.1 Å². The molecule has 40 heavy (non-hydrogen) atoms. The second kappa shape index (κ2) is 7.55. The second-order valence-electron chi connectivity index (χ2n) is 15.6. The quantitative estimate of drug-likeness (QED) is 0.340. The van der Waals surface area contributed by atoms with Crippen molar-refractivity contribution in [3.05, 3.63) is 23.3 Å². The molecule has 8 atom stereocenters. The zero-order valence-corrected chi connectivity index (χ0v) is 25.2. The number of amides is 1. The lowest BCUT2D eigenvalue weighted by Crippen LogP contribution is -2.72. The molecule has 5 aliphatic carbocycles. The molecule has 0 radical (unpaired) electrons. The number of hydrogen-bond donors (Lipinski definition) is 0. The number of carbonyl (C=O) groups excluding carboxylic acids is 4. The van der Waals surface area contributed by atoms with Crippen molar-refractivity contribution in [3.63, 3.8) is 0 Å². The van der Waals surface area contributed by atoms with E-state index in [2.05, 4.69) is 33.8 Å². The van der Waals surface area contributed by atoms with Gasteiger partial charge in [-0.3, -0.25) is 19.2 Å². The van der Waals surface area contributed by atoms with Crippen LogP contribution in [0.25, 0.3) is 0 Å². The molecule has 1 unspecified atom stereocenters. The molecule has 3 saturated carbocycles. The van der Waals surface area contributed by atoms with Crippen molar-refractivity contribution in [2.24, 2.45) is 44.3 Å². The molecule has 0 aromatic carbocycles. The fourth-order valence-electron chi connectivity index (χ4n) is 10.9. The van der Waals surface area contributed by atoms with Crippen LogP contribution in [-0.4, -0.2) is 48.0 Å². The molecule has 1 spiro atoms. The maximum Gasteiger partial charge on any atom is 0.313 e. The van der Waals surface area contributed by atoms with E-state index in [9.17, 15) is 24.4 Å². The molecule has 7 nitrogen and oxygen atoms in total. The zero-order valence-electron chi connectivity index (χ0n) is 25.2. The molecule has 1 heterocycles. The Morgan fingerprint density at radius 1 is 0.975 bits per heavy atom. The molecule has 7 heteroatoms. The summed E-state index contributed by atoms with van der Waals surface area (Å²) in [4.78, 5) is 57.2. The number of ether oxygens (including phenoxy) is 1. The Hall–Kier alpha value is -2.75. The molecule has 6 aliphatic rings. The fraction of sp³-hybridized carbons (Fsp3) is 0.727. The van der Waals surface area contributed by atoms with Gasteiger partial charge in [-0.1, -0.05) is 40.7 Å². The van der Waals surface area contributed by atoms with Crippen LogP contribution in [0, 0.1) is 55.7 Å². The maximum atomic E-state index is 14.7. The standard InChI is InChI=1S/C33H42N2O5/c1-27(2)11-13-32-14-12-30(5)29(4)10-9-20-28(3,16-19(18-34)24(37)31(20,6)25(38)35(7)8)21(29)15-23(36)33(30,22(32)17-27)40-26(32)39/h15-16,20,22H,9-14,17H2,1-8H3/t20-,22?,28+,29-,30+,31+,32+,33-/m1/s1. The third kappa shape index (κ3) is 2.68. The summed E-state index contributed by atoms with van der Waals surface area (Å²) in [6.45, 7) is 12.5. The molecule has 0 aromatic rings. The Labute approximate surface area is 237 Å². The van der Waals surface area contributed by atoms with Crippen molar-refractivity contribution >= 4 is 23.4 Å². The van der Waals surface area contributed by atoms with E-state index in [4.69, 9.17) is 4.74 Å². The number of hydrogen-bond acceptors (Lipinski definition) is 6. The normalized spacial score (nSPS) is 48.3. The molecular weight excluding hydrogens is 504 g/mol. The first kappa shape index (κ1) is 27.4. The summed E-state index contributed by atoms with van der Waals surface area (Å²) in [6, 6.07) is 2.08. The van der Waals surface area contributed by atoms with E-state index in [0.717, 1.165) is 24.8 Å². The van der Waals surface area contributed by atoms with Crippen LogP contribution in [0.15, 0.2) is 23.3 Å². The largest absolute Gasteiger partial charge is 0.449 e. The van der Waals surface area contributed by atoms with Crippen molar-refractivity contribution in [1.82, 2.24) is 4.90 Å². The van der Waals surface area contributed by atoms with E-state index >= 15 is 0 Å². The molecule has 4 fully saturated rings. The number of esters is 1. The highest BCUT2D eigenvalue weighted by Crippen LogP contribution is 2.78. The van der Waals surface area contributed by atoms with Gasteiger partial charge >= 0.3 is 5.97 Å². The van der Waals surface area contributed by atoms with E-state index in [1.54, 1.807) is 33.2 Å². The Kier molecular flexibility index (Phi) is 5.17. The number of nitrogens with zero attached hydrogens (tertiary/aromatic N) is 2. The van der Waals surface area contributed by atoms with Gasteiger partial charge in [0.15, 0.2) is 17.2 Å². The van der Waals surface area contributed by atoms with Gasteiger partial charge in [-0.25, -0.2) is 0 Å². The molecular formula is C33H42N2O5. The topological polar surface area (TPSA) is 105 Å². The molecule has 214 valence electrons. The predicted molar refractivity (Wildman–Crippen MR) is 147 cm³/mol.